The molecule has 2 aromatic carbocycles. The molecular weight excluding hydrogens is 353 g/mol. The Bertz CT molecular complexity index is 666. The van der Waals surface area contributed by atoms with E-state index in [0.29, 0.717) is 15.8 Å². The molecule has 0 unspecified atom stereocenters. The predicted octanol–water partition coefficient (Wildman–Crippen LogP) is 4.73. The monoisotopic (exact) mass is 359 g/mol. The summed E-state index contributed by atoms with van der Waals surface area (Å²) in [6.45, 7) is 0.121. The van der Waals surface area contributed by atoms with Gasteiger partial charge < -0.3 is 4.74 Å². The quantitative estimate of drug-likeness (QED) is 0.585. The van der Waals surface area contributed by atoms with E-state index < -0.39 is 10.7 Å². The Morgan fingerprint density at radius 2 is 2.05 bits per heavy atom. The third-order valence-electron chi connectivity index (χ3n) is 2.50. The number of rotatable bonds is 4. The van der Waals surface area contributed by atoms with E-state index in [1.165, 1.54) is 24.3 Å². The molecule has 0 bridgehead atoms. The molecule has 0 saturated heterocycles. The van der Waals surface area contributed by atoms with Gasteiger partial charge in [0.25, 0.3) is 5.69 Å². The molecule has 0 heterocycles. The lowest BCUT2D eigenvalue weighted by molar-refractivity contribution is -0.385. The number of hydrogen-bond acceptors (Lipinski definition) is 3. The van der Waals surface area contributed by atoms with Gasteiger partial charge in [0, 0.05) is 12.1 Å². The highest BCUT2D eigenvalue weighted by Crippen LogP contribution is 2.27. The van der Waals surface area contributed by atoms with E-state index in [-0.39, 0.29) is 17.3 Å². The molecule has 0 spiro atoms. The first-order valence-corrected chi connectivity index (χ1v) is 6.65. The molecule has 2 aromatic rings. The van der Waals surface area contributed by atoms with Crippen LogP contribution >= 0.6 is 27.5 Å². The van der Waals surface area contributed by atoms with Crippen molar-refractivity contribution in [3.8, 4) is 5.75 Å². The van der Waals surface area contributed by atoms with E-state index in [1.54, 1.807) is 12.1 Å². The summed E-state index contributed by atoms with van der Waals surface area (Å²) in [5, 5.41) is 10.8. The molecule has 0 aromatic heterocycles. The molecule has 7 heteroatoms. The molecule has 0 saturated carbocycles. The summed E-state index contributed by atoms with van der Waals surface area (Å²) in [5.74, 6) is -0.139. The third-order valence-corrected chi connectivity index (χ3v) is 3.46. The lowest BCUT2D eigenvalue weighted by Crippen LogP contribution is -1.98. The summed E-state index contributed by atoms with van der Waals surface area (Å²) in [7, 11) is 0. The van der Waals surface area contributed by atoms with Crippen LogP contribution in [0.1, 0.15) is 5.56 Å². The van der Waals surface area contributed by atoms with Crippen molar-refractivity contribution in [3.63, 3.8) is 0 Å². The number of nitrogens with zero attached hydrogens (tertiary/aromatic N) is 1. The summed E-state index contributed by atoms with van der Waals surface area (Å²) < 4.78 is 18.8. The molecule has 104 valence electrons. The fraction of sp³-hybridized carbons (Fsp3) is 0.0769. The summed E-state index contributed by atoms with van der Waals surface area (Å²) in [4.78, 5) is 10.3. The van der Waals surface area contributed by atoms with Crippen molar-refractivity contribution in [1.29, 1.82) is 0 Å². The van der Waals surface area contributed by atoms with Gasteiger partial charge in [0.2, 0.25) is 0 Å². The lowest BCUT2D eigenvalue weighted by atomic mass is 10.2. The van der Waals surface area contributed by atoms with Crippen LogP contribution in [0.4, 0.5) is 10.1 Å². The van der Waals surface area contributed by atoms with Gasteiger partial charge >= 0.3 is 0 Å². The number of ether oxygens (including phenoxy) is 1. The van der Waals surface area contributed by atoms with Gasteiger partial charge in [-0.25, -0.2) is 4.39 Å². The van der Waals surface area contributed by atoms with E-state index >= 15 is 0 Å². The van der Waals surface area contributed by atoms with Gasteiger partial charge in [0.1, 0.15) is 18.2 Å². The highest BCUT2D eigenvalue weighted by molar-refractivity contribution is 9.10. The second-order valence-corrected chi connectivity index (χ2v) is 5.17. The Morgan fingerprint density at radius 1 is 1.30 bits per heavy atom. The molecule has 2 rings (SSSR count). The van der Waals surface area contributed by atoms with E-state index in [9.17, 15) is 14.5 Å². The molecule has 4 nitrogen and oxygen atoms in total. The van der Waals surface area contributed by atoms with Crippen molar-refractivity contribution < 1.29 is 14.1 Å². The third kappa shape index (κ3) is 3.46. The average molecular weight is 361 g/mol. The van der Waals surface area contributed by atoms with Crippen molar-refractivity contribution in [2.45, 2.75) is 6.61 Å². The van der Waals surface area contributed by atoms with Crippen molar-refractivity contribution in [1.82, 2.24) is 0 Å². The first kappa shape index (κ1) is 14.7. The van der Waals surface area contributed by atoms with Crippen LogP contribution in [0, 0.1) is 15.9 Å². The molecule has 0 amide bonds. The Kier molecular flexibility index (Phi) is 4.57. The van der Waals surface area contributed by atoms with E-state index in [0.717, 1.165) is 0 Å². The molecular formula is C13H8BrClFNO3. The molecule has 0 radical (unpaired) electrons. The largest absolute Gasteiger partial charge is 0.489 e. The van der Waals surface area contributed by atoms with Crippen LogP contribution < -0.4 is 4.74 Å². The molecule has 0 aliphatic heterocycles. The van der Waals surface area contributed by atoms with Crippen LogP contribution in [0.2, 0.25) is 5.02 Å². The van der Waals surface area contributed by atoms with Crippen LogP contribution in [-0.2, 0) is 6.61 Å². The van der Waals surface area contributed by atoms with Gasteiger partial charge in [0.05, 0.1) is 14.4 Å². The van der Waals surface area contributed by atoms with Crippen LogP contribution in [0.5, 0.6) is 5.75 Å². The van der Waals surface area contributed by atoms with Crippen molar-refractivity contribution in [2.24, 2.45) is 0 Å². The minimum absolute atomic E-state index is 0.0377. The van der Waals surface area contributed by atoms with Gasteiger partial charge in [-0.2, -0.15) is 0 Å². The normalized spacial score (nSPS) is 10.3. The topological polar surface area (TPSA) is 52.4 Å². The van der Waals surface area contributed by atoms with Gasteiger partial charge in [-0.15, -0.1) is 0 Å². The zero-order chi connectivity index (χ0) is 14.7. The number of halogens is 3. The van der Waals surface area contributed by atoms with Crippen LogP contribution in [0.25, 0.3) is 0 Å². The van der Waals surface area contributed by atoms with Crippen molar-refractivity contribution in [3.05, 3.63) is 67.4 Å². The zero-order valence-corrected chi connectivity index (χ0v) is 12.3. The number of nitro benzene ring substituents is 1. The Hall–Kier alpha value is -1.66. The van der Waals surface area contributed by atoms with Crippen molar-refractivity contribution in [2.75, 3.05) is 0 Å². The Balaban J connectivity index is 2.12. The van der Waals surface area contributed by atoms with E-state index in [4.69, 9.17) is 16.3 Å². The Morgan fingerprint density at radius 3 is 2.70 bits per heavy atom. The maximum Gasteiger partial charge on any atom is 0.283 e. The predicted molar refractivity (Wildman–Crippen MR) is 76.5 cm³/mol. The summed E-state index contributed by atoms with van der Waals surface area (Å²) in [6.07, 6.45) is 0. The summed E-state index contributed by atoms with van der Waals surface area (Å²) in [5.41, 5.74) is 0.587. The molecule has 0 aliphatic rings. The van der Waals surface area contributed by atoms with Crippen LogP contribution in [0.15, 0.2) is 40.9 Å². The Labute approximate surface area is 127 Å². The standard InChI is InChI=1S/C13H8BrClFNO3/c14-10-3-1-8(5-13(10)17(18)19)7-20-9-2-4-12(16)11(15)6-9/h1-6H,7H2. The molecule has 0 aliphatic carbocycles. The smallest absolute Gasteiger partial charge is 0.283 e. The first-order valence-electron chi connectivity index (χ1n) is 5.48. The van der Waals surface area contributed by atoms with E-state index in [2.05, 4.69) is 15.9 Å². The maximum atomic E-state index is 13.0. The van der Waals surface area contributed by atoms with E-state index in [1.807, 2.05) is 0 Å². The molecule has 0 N–H and O–H groups in total. The highest BCUT2D eigenvalue weighted by atomic mass is 79.9. The van der Waals surface area contributed by atoms with Crippen LogP contribution in [-0.4, -0.2) is 4.92 Å². The second kappa shape index (κ2) is 6.19. The first-order chi connectivity index (χ1) is 9.47. The fourth-order valence-electron chi connectivity index (χ4n) is 1.52. The highest BCUT2D eigenvalue weighted by Gasteiger charge is 2.12. The number of benzene rings is 2. The lowest BCUT2D eigenvalue weighted by Gasteiger charge is -2.07. The second-order valence-electron chi connectivity index (χ2n) is 3.91. The minimum Gasteiger partial charge on any atom is -0.489 e. The maximum absolute atomic E-state index is 13.0. The zero-order valence-electron chi connectivity index (χ0n) is 9.98. The minimum atomic E-state index is -0.529. The molecule has 0 fully saturated rings. The molecule has 0 atom stereocenters. The van der Waals surface area contributed by atoms with Gasteiger partial charge in [-0.1, -0.05) is 17.7 Å². The SMILES string of the molecule is O=[N+]([O-])c1cc(COc2ccc(F)c(Cl)c2)ccc1Br. The van der Waals surface area contributed by atoms with Gasteiger partial charge in [-0.3, -0.25) is 10.1 Å². The average Bonchev–Trinajstić information content (AvgIpc) is 2.41. The summed E-state index contributed by atoms with van der Waals surface area (Å²) in [6, 6.07) is 8.67. The van der Waals surface area contributed by atoms with Gasteiger partial charge in [-0.05, 0) is 39.7 Å². The number of nitro groups is 1. The molecule has 20 heavy (non-hydrogen) atoms. The van der Waals surface area contributed by atoms with Gasteiger partial charge in [0.15, 0.2) is 0 Å². The summed E-state index contributed by atoms with van der Waals surface area (Å²) >= 11 is 8.74. The van der Waals surface area contributed by atoms with Crippen molar-refractivity contribution >= 4 is 33.2 Å². The number of hydrogen-bond donors (Lipinski definition) is 0. The fourth-order valence-corrected chi connectivity index (χ4v) is 2.08. The van der Waals surface area contributed by atoms with Crippen LogP contribution in [0.3, 0.4) is 0 Å².